The number of H-pyrrole nitrogens is 1. The molecule has 0 radical (unpaired) electrons. The molecule has 2 heterocycles. The molecule has 0 aliphatic carbocycles. The molecule has 130 valence electrons. The van der Waals surface area contributed by atoms with E-state index in [2.05, 4.69) is 15.1 Å². The van der Waals surface area contributed by atoms with Crippen molar-refractivity contribution < 1.29 is 8.95 Å². The van der Waals surface area contributed by atoms with E-state index in [1.807, 2.05) is 36.4 Å². The molecule has 0 saturated carbocycles. The van der Waals surface area contributed by atoms with Gasteiger partial charge in [0.15, 0.2) is 5.65 Å². The summed E-state index contributed by atoms with van der Waals surface area (Å²) in [6, 6.07) is 14.5. The first kappa shape index (κ1) is 16.2. The second-order valence-corrected chi connectivity index (χ2v) is 6.90. The van der Waals surface area contributed by atoms with Crippen molar-refractivity contribution >= 4 is 16.4 Å². The van der Waals surface area contributed by atoms with Crippen molar-refractivity contribution in [2.24, 2.45) is 0 Å². The van der Waals surface area contributed by atoms with Gasteiger partial charge in [-0.1, -0.05) is 24.3 Å². The number of aromatic amines is 1. The summed E-state index contributed by atoms with van der Waals surface area (Å²) in [6.07, 6.45) is 2.90. The third-order valence-electron chi connectivity index (χ3n) is 3.94. The average molecular weight is 366 g/mol. The van der Waals surface area contributed by atoms with E-state index in [4.69, 9.17) is 4.74 Å². The van der Waals surface area contributed by atoms with Gasteiger partial charge in [-0.15, -0.1) is 0 Å². The largest absolute Gasteiger partial charge is 0.495 e. The highest BCUT2D eigenvalue weighted by atomic mass is 32.2. The summed E-state index contributed by atoms with van der Waals surface area (Å²) in [7, 11) is 0.171. The van der Waals surface area contributed by atoms with Crippen molar-refractivity contribution in [1.82, 2.24) is 19.6 Å². The lowest BCUT2D eigenvalue weighted by atomic mass is 10.1. The maximum absolute atomic E-state index is 12.8. The van der Waals surface area contributed by atoms with Crippen LogP contribution in [0.25, 0.3) is 16.8 Å². The van der Waals surface area contributed by atoms with Gasteiger partial charge in [-0.2, -0.15) is 9.61 Å². The number of nitrogens with zero attached hydrogens (tertiary/aromatic N) is 3. The number of hydrogen-bond acceptors (Lipinski definition) is 5. The lowest BCUT2D eigenvalue weighted by molar-refractivity contribution is 0.404. The fraction of sp³-hybridized carbons (Fsp3) is 0.0556. The van der Waals surface area contributed by atoms with Crippen molar-refractivity contribution in [3.63, 3.8) is 0 Å². The van der Waals surface area contributed by atoms with Crippen LogP contribution >= 0.6 is 0 Å². The van der Waals surface area contributed by atoms with E-state index in [9.17, 15) is 9.00 Å². The van der Waals surface area contributed by atoms with E-state index < -0.39 is 10.8 Å². The average Bonchev–Trinajstić information content (AvgIpc) is 3.13. The normalized spacial score (nSPS) is 12.2. The third kappa shape index (κ3) is 2.70. The lowest BCUT2D eigenvalue weighted by Crippen LogP contribution is -2.17. The number of fused-ring (bicyclic) bond motifs is 1. The van der Waals surface area contributed by atoms with Crippen LogP contribution in [0, 0.1) is 0 Å². The minimum atomic E-state index is -1.36. The first-order chi connectivity index (χ1) is 12.7. The molecule has 1 N–H and O–H groups in total. The molecule has 8 heteroatoms. The Bertz CT molecular complexity index is 1170. The lowest BCUT2D eigenvalue weighted by Gasteiger charge is -2.10. The number of hydrogen-bond donors (Lipinski definition) is 1. The molecule has 4 aromatic rings. The summed E-state index contributed by atoms with van der Waals surface area (Å²) in [5.41, 5.74) is 1.53. The third-order valence-corrected chi connectivity index (χ3v) is 5.38. The molecule has 0 aliphatic rings. The van der Waals surface area contributed by atoms with Crippen LogP contribution in [0.3, 0.4) is 0 Å². The Kier molecular flexibility index (Phi) is 4.10. The highest BCUT2D eigenvalue weighted by Crippen LogP contribution is 2.32. The van der Waals surface area contributed by atoms with Gasteiger partial charge in [-0.05, 0) is 29.8 Å². The van der Waals surface area contributed by atoms with Crippen molar-refractivity contribution in [2.45, 2.75) is 9.79 Å². The minimum absolute atomic E-state index is 0.366. The highest BCUT2D eigenvalue weighted by molar-refractivity contribution is 7.85. The maximum Gasteiger partial charge on any atom is 0.349 e. The van der Waals surface area contributed by atoms with E-state index in [1.54, 1.807) is 18.3 Å². The molecule has 26 heavy (non-hydrogen) atoms. The van der Waals surface area contributed by atoms with Crippen LogP contribution in [-0.2, 0) is 10.8 Å². The number of rotatable bonds is 4. The number of aromatic nitrogens is 4. The summed E-state index contributed by atoms with van der Waals surface area (Å²) in [6.45, 7) is 0. The van der Waals surface area contributed by atoms with Crippen LogP contribution in [0.15, 0.2) is 75.6 Å². The number of nitrogens with one attached hydrogen (secondary N) is 1. The molecule has 0 unspecified atom stereocenters. The zero-order chi connectivity index (χ0) is 18.1. The van der Waals surface area contributed by atoms with Crippen LogP contribution in [-0.4, -0.2) is 30.9 Å². The molecule has 0 aliphatic heterocycles. The predicted molar refractivity (Wildman–Crippen MR) is 96.7 cm³/mol. The van der Waals surface area contributed by atoms with Crippen molar-refractivity contribution in [1.29, 1.82) is 0 Å². The second-order valence-electron chi connectivity index (χ2n) is 5.45. The zero-order valence-corrected chi connectivity index (χ0v) is 14.6. The number of benzene rings is 2. The molecule has 4 rings (SSSR count). The van der Waals surface area contributed by atoms with Gasteiger partial charge < -0.3 is 4.74 Å². The summed E-state index contributed by atoms with van der Waals surface area (Å²) in [5.74, 6) is 0.494. The van der Waals surface area contributed by atoms with Crippen LogP contribution in [0.2, 0.25) is 0 Å². The summed E-state index contributed by atoms with van der Waals surface area (Å²) in [4.78, 5) is 19.7. The van der Waals surface area contributed by atoms with Crippen LogP contribution in [0.5, 0.6) is 5.75 Å². The van der Waals surface area contributed by atoms with Gasteiger partial charge in [-0.3, -0.25) is 4.98 Å². The van der Waals surface area contributed by atoms with E-state index in [1.165, 1.54) is 18.0 Å². The Hall–Kier alpha value is -3.26. The van der Waals surface area contributed by atoms with Crippen molar-refractivity contribution in [2.75, 3.05) is 7.11 Å². The SMILES string of the molecule is COc1cc(-c2cnn3c(=O)[nH]cnc23)ccc1[S@@](=O)c1ccccc1. The molecular weight excluding hydrogens is 352 g/mol. The first-order valence-electron chi connectivity index (χ1n) is 7.75. The van der Waals surface area contributed by atoms with Gasteiger partial charge in [0.2, 0.25) is 0 Å². The molecule has 7 nitrogen and oxygen atoms in total. The van der Waals surface area contributed by atoms with Gasteiger partial charge in [0.25, 0.3) is 0 Å². The monoisotopic (exact) mass is 366 g/mol. The maximum atomic E-state index is 12.8. The topological polar surface area (TPSA) is 89.3 Å². The molecule has 2 aromatic carbocycles. The van der Waals surface area contributed by atoms with E-state index in [-0.39, 0.29) is 5.69 Å². The molecule has 1 atom stereocenters. The summed E-state index contributed by atoms with van der Waals surface area (Å²) < 4.78 is 19.5. The van der Waals surface area contributed by atoms with Gasteiger partial charge in [0.1, 0.15) is 5.75 Å². The van der Waals surface area contributed by atoms with Gasteiger partial charge >= 0.3 is 5.69 Å². The quantitative estimate of drug-likeness (QED) is 0.598. The number of ether oxygens (including phenoxy) is 1. The zero-order valence-electron chi connectivity index (χ0n) is 13.7. The summed E-state index contributed by atoms with van der Waals surface area (Å²) in [5, 5.41) is 4.06. The summed E-state index contributed by atoms with van der Waals surface area (Å²) >= 11 is 0. The Morgan fingerprint density at radius 1 is 1.15 bits per heavy atom. The molecule has 0 bridgehead atoms. The molecule has 2 aromatic heterocycles. The Morgan fingerprint density at radius 2 is 1.96 bits per heavy atom. The smallest absolute Gasteiger partial charge is 0.349 e. The van der Waals surface area contributed by atoms with E-state index >= 15 is 0 Å². The molecule has 0 fully saturated rings. The highest BCUT2D eigenvalue weighted by Gasteiger charge is 2.16. The molecule has 0 amide bonds. The van der Waals surface area contributed by atoms with Crippen LogP contribution < -0.4 is 10.4 Å². The molecular formula is C18H14N4O3S. The van der Waals surface area contributed by atoms with Gasteiger partial charge in [-0.25, -0.2) is 14.0 Å². The van der Waals surface area contributed by atoms with Gasteiger partial charge in [0, 0.05) is 10.5 Å². The Labute approximate surface area is 150 Å². The van der Waals surface area contributed by atoms with Crippen molar-refractivity contribution in [3.8, 4) is 16.9 Å². The predicted octanol–water partition coefficient (Wildman–Crippen LogP) is 2.26. The fourth-order valence-electron chi connectivity index (χ4n) is 2.69. The minimum Gasteiger partial charge on any atom is -0.495 e. The fourth-order valence-corrected chi connectivity index (χ4v) is 3.86. The Morgan fingerprint density at radius 3 is 2.73 bits per heavy atom. The number of methoxy groups -OCH3 is 1. The van der Waals surface area contributed by atoms with E-state index in [0.717, 1.165) is 5.56 Å². The standard InChI is InChI=1S/C18H14N4O3S/c1-25-15-9-12(14-10-21-22-17(14)19-11-20-18(22)23)7-8-16(15)26(24)13-5-3-2-4-6-13/h2-11H,1H3,(H,19,20,23)/t26-/m0/s1. The first-order valence-corrected chi connectivity index (χ1v) is 8.90. The van der Waals surface area contributed by atoms with Crippen molar-refractivity contribution in [3.05, 3.63) is 71.5 Å². The second kappa shape index (κ2) is 6.57. The van der Waals surface area contributed by atoms with Gasteiger partial charge in [0.05, 0.1) is 35.3 Å². The van der Waals surface area contributed by atoms with E-state index in [0.29, 0.717) is 26.8 Å². The van der Waals surface area contributed by atoms with Crippen LogP contribution in [0.4, 0.5) is 0 Å². The van der Waals surface area contributed by atoms with Crippen LogP contribution in [0.1, 0.15) is 0 Å². The Balaban J connectivity index is 1.82. The molecule has 0 spiro atoms. The molecule has 0 saturated heterocycles.